The van der Waals surface area contributed by atoms with Gasteiger partial charge >= 0.3 is 0 Å². The van der Waals surface area contributed by atoms with Crippen molar-refractivity contribution in [3.05, 3.63) is 23.3 Å². The minimum atomic E-state index is 0. The van der Waals surface area contributed by atoms with E-state index < -0.39 is 0 Å². The minimum absolute atomic E-state index is 0. The van der Waals surface area contributed by atoms with Gasteiger partial charge in [0, 0.05) is 43.0 Å². The van der Waals surface area contributed by atoms with E-state index in [1.807, 2.05) is 18.7 Å². The highest BCUT2D eigenvalue weighted by Crippen LogP contribution is 2.17. The molecule has 3 rings (SSSR count). The van der Waals surface area contributed by atoms with Crippen molar-refractivity contribution in [2.75, 3.05) is 13.1 Å². The first kappa shape index (κ1) is 18.6. The summed E-state index contributed by atoms with van der Waals surface area (Å²) >= 11 is 0. The third kappa shape index (κ3) is 3.37. The number of hydrogen-bond donors (Lipinski definition) is 1. The number of amides is 1. The van der Waals surface area contributed by atoms with Crippen LogP contribution in [-0.2, 0) is 11.2 Å². The smallest absolute Gasteiger partial charge is 0.252 e. The van der Waals surface area contributed by atoms with Crippen LogP contribution in [-0.4, -0.2) is 55.6 Å². The molecule has 0 aliphatic carbocycles. The summed E-state index contributed by atoms with van der Waals surface area (Å²) in [5.41, 5.74) is 3.03. The van der Waals surface area contributed by atoms with E-state index in [2.05, 4.69) is 34.2 Å². The van der Waals surface area contributed by atoms with Crippen molar-refractivity contribution in [3.63, 3.8) is 0 Å². The number of hydrogen-bond acceptors (Lipinski definition) is 5. The predicted molar refractivity (Wildman–Crippen MR) is 94.5 cm³/mol. The standard InChI is InChI=1S/C16H24N6O.ClH/c1-10-12(3)21(8-7-17-10)15(23)6-5-14-11(2)20-16-18-9-19-22(16)13(14)4;/h9-10,12,17H,5-8H2,1-4H3;1H. The highest BCUT2D eigenvalue weighted by atomic mass is 35.5. The highest BCUT2D eigenvalue weighted by Gasteiger charge is 2.27. The van der Waals surface area contributed by atoms with Crippen molar-refractivity contribution in [2.24, 2.45) is 0 Å². The van der Waals surface area contributed by atoms with Crippen LogP contribution in [0.1, 0.15) is 37.2 Å². The van der Waals surface area contributed by atoms with Crippen LogP contribution >= 0.6 is 12.4 Å². The Kier molecular flexibility index (Phi) is 5.77. The first-order valence-electron chi connectivity index (χ1n) is 8.17. The third-order valence-electron chi connectivity index (χ3n) is 4.93. The summed E-state index contributed by atoms with van der Waals surface area (Å²) in [7, 11) is 0. The normalized spacial score (nSPS) is 20.9. The summed E-state index contributed by atoms with van der Waals surface area (Å²) in [6.07, 6.45) is 2.69. The average Bonchev–Trinajstić information content (AvgIpc) is 2.98. The van der Waals surface area contributed by atoms with Gasteiger partial charge in [-0.3, -0.25) is 4.79 Å². The summed E-state index contributed by atoms with van der Waals surface area (Å²) in [5, 5.41) is 7.60. The lowest BCUT2D eigenvalue weighted by atomic mass is 10.0. The lowest BCUT2D eigenvalue weighted by Crippen LogP contribution is -2.57. The predicted octanol–water partition coefficient (Wildman–Crippen LogP) is 1.30. The van der Waals surface area contributed by atoms with Gasteiger partial charge in [0.15, 0.2) is 0 Å². The van der Waals surface area contributed by atoms with Gasteiger partial charge < -0.3 is 10.2 Å². The van der Waals surface area contributed by atoms with E-state index in [9.17, 15) is 4.79 Å². The van der Waals surface area contributed by atoms with Gasteiger partial charge in [0.2, 0.25) is 5.91 Å². The first-order valence-corrected chi connectivity index (χ1v) is 8.17. The number of piperazine rings is 1. The Morgan fingerprint density at radius 3 is 2.88 bits per heavy atom. The molecule has 1 aliphatic rings. The number of aromatic nitrogens is 4. The van der Waals surface area contributed by atoms with E-state index in [1.54, 1.807) is 4.52 Å². The van der Waals surface area contributed by atoms with Crippen molar-refractivity contribution < 1.29 is 4.79 Å². The Balaban J connectivity index is 0.00000208. The number of nitrogens with zero attached hydrogens (tertiary/aromatic N) is 5. The molecule has 7 nitrogen and oxygen atoms in total. The SMILES string of the molecule is Cc1nc2ncnn2c(C)c1CCC(=O)N1CCNC(C)C1C.Cl. The molecule has 2 unspecified atom stereocenters. The molecular formula is C16H25ClN6O. The molecule has 0 saturated carbocycles. The number of halogens is 1. The lowest BCUT2D eigenvalue weighted by Gasteiger charge is -2.38. The second-order valence-electron chi connectivity index (χ2n) is 6.30. The summed E-state index contributed by atoms with van der Waals surface area (Å²) in [4.78, 5) is 23.2. The molecule has 2 aromatic rings. The van der Waals surface area contributed by atoms with E-state index in [0.29, 0.717) is 24.7 Å². The number of carbonyl (C=O) groups is 1. The minimum Gasteiger partial charge on any atom is -0.337 e. The lowest BCUT2D eigenvalue weighted by molar-refractivity contribution is -0.134. The first-order chi connectivity index (χ1) is 11.0. The topological polar surface area (TPSA) is 75.4 Å². The van der Waals surface area contributed by atoms with Crippen LogP contribution in [0.4, 0.5) is 0 Å². The Bertz CT molecular complexity index is 731. The summed E-state index contributed by atoms with van der Waals surface area (Å²) in [5.74, 6) is 0.822. The van der Waals surface area contributed by atoms with Gasteiger partial charge in [0.25, 0.3) is 5.78 Å². The zero-order chi connectivity index (χ0) is 16.6. The second kappa shape index (κ2) is 7.44. The summed E-state index contributed by atoms with van der Waals surface area (Å²) in [6, 6.07) is 0.568. The fourth-order valence-corrected chi connectivity index (χ4v) is 3.30. The molecule has 1 saturated heterocycles. The number of aryl methyl sites for hydroxylation is 2. The number of carbonyl (C=O) groups excluding carboxylic acids is 1. The molecule has 0 bridgehead atoms. The van der Waals surface area contributed by atoms with Crippen molar-refractivity contribution in [3.8, 4) is 0 Å². The Morgan fingerprint density at radius 1 is 1.38 bits per heavy atom. The van der Waals surface area contributed by atoms with Gasteiger partial charge in [-0.15, -0.1) is 12.4 Å². The quantitative estimate of drug-likeness (QED) is 0.901. The van der Waals surface area contributed by atoms with Gasteiger partial charge in [-0.1, -0.05) is 0 Å². The molecular weight excluding hydrogens is 328 g/mol. The molecule has 132 valence electrons. The van der Waals surface area contributed by atoms with Crippen molar-refractivity contribution >= 4 is 24.1 Å². The fraction of sp³-hybridized carbons (Fsp3) is 0.625. The number of nitrogens with one attached hydrogen (secondary N) is 1. The number of fused-ring (bicyclic) bond motifs is 1. The maximum atomic E-state index is 12.6. The van der Waals surface area contributed by atoms with E-state index in [4.69, 9.17) is 0 Å². The maximum Gasteiger partial charge on any atom is 0.252 e. The van der Waals surface area contributed by atoms with Crippen LogP contribution in [0.3, 0.4) is 0 Å². The Morgan fingerprint density at radius 2 is 2.12 bits per heavy atom. The molecule has 0 radical (unpaired) electrons. The fourth-order valence-electron chi connectivity index (χ4n) is 3.30. The van der Waals surface area contributed by atoms with Crippen LogP contribution in [0, 0.1) is 13.8 Å². The summed E-state index contributed by atoms with van der Waals surface area (Å²) < 4.78 is 1.74. The van der Waals surface area contributed by atoms with Crippen molar-refractivity contribution in [2.45, 2.75) is 52.6 Å². The summed E-state index contributed by atoms with van der Waals surface area (Å²) in [6.45, 7) is 9.85. The molecule has 1 aliphatic heterocycles. The average molecular weight is 353 g/mol. The third-order valence-corrected chi connectivity index (χ3v) is 4.93. The molecule has 1 amide bonds. The van der Waals surface area contributed by atoms with E-state index in [1.165, 1.54) is 6.33 Å². The molecule has 3 heterocycles. The van der Waals surface area contributed by atoms with Crippen molar-refractivity contribution in [1.82, 2.24) is 29.8 Å². The molecule has 8 heteroatoms. The van der Waals surface area contributed by atoms with Gasteiger partial charge in [-0.2, -0.15) is 10.1 Å². The van der Waals surface area contributed by atoms with Gasteiger partial charge in [0.05, 0.1) is 0 Å². The van der Waals surface area contributed by atoms with Gasteiger partial charge in [0.1, 0.15) is 6.33 Å². The molecule has 1 fully saturated rings. The largest absolute Gasteiger partial charge is 0.337 e. The zero-order valence-corrected chi connectivity index (χ0v) is 15.4. The molecule has 0 spiro atoms. The zero-order valence-electron chi connectivity index (χ0n) is 14.6. The molecule has 1 N–H and O–H groups in total. The van der Waals surface area contributed by atoms with Crippen LogP contribution in [0.15, 0.2) is 6.33 Å². The van der Waals surface area contributed by atoms with E-state index in [-0.39, 0.29) is 24.4 Å². The van der Waals surface area contributed by atoms with Crippen LogP contribution < -0.4 is 5.32 Å². The molecule has 24 heavy (non-hydrogen) atoms. The molecule has 2 atom stereocenters. The maximum absolute atomic E-state index is 12.6. The van der Waals surface area contributed by atoms with Crippen LogP contribution in [0.25, 0.3) is 5.78 Å². The Hall–Kier alpha value is -1.73. The number of rotatable bonds is 3. The van der Waals surface area contributed by atoms with Gasteiger partial charge in [-0.25, -0.2) is 9.50 Å². The van der Waals surface area contributed by atoms with E-state index >= 15 is 0 Å². The highest BCUT2D eigenvalue weighted by molar-refractivity contribution is 5.85. The van der Waals surface area contributed by atoms with E-state index in [0.717, 1.165) is 30.0 Å². The second-order valence-corrected chi connectivity index (χ2v) is 6.30. The van der Waals surface area contributed by atoms with Crippen LogP contribution in [0.2, 0.25) is 0 Å². The van der Waals surface area contributed by atoms with Crippen molar-refractivity contribution in [1.29, 1.82) is 0 Å². The van der Waals surface area contributed by atoms with Crippen LogP contribution in [0.5, 0.6) is 0 Å². The molecule has 2 aromatic heterocycles. The van der Waals surface area contributed by atoms with Gasteiger partial charge in [-0.05, 0) is 39.7 Å². The monoisotopic (exact) mass is 352 g/mol. The molecule has 0 aromatic carbocycles. The Labute approximate surface area is 148 Å².